The summed E-state index contributed by atoms with van der Waals surface area (Å²) in [4.78, 5) is 9.85. The predicted molar refractivity (Wildman–Crippen MR) is 103 cm³/mol. The molecular formula is C18H18F3N3O2S. The fourth-order valence-corrected chi connectivity index (χ4v) is 2.63. The molecule has 0 bridgehead atoms. The van der Waals surface area contributed by atoms with E-state index < -0.39 is 22.4 Å². The number of nitrogens with zero attached hydrogens (tertiary/aromatic N) is 1. The van der Waals surface area contributed by atoms with Crippen molar-refractivity contribution in [2.75, 3.05) is 10.6 Å². The molecule has 1 unspecified atom stereocenters. The number of benzene rings is 2. The van der Waals surface area contributed by atoms with E-state index in [2.05, 4.69) is 24.5 Å². The van der Waals surface area contributed by atoms with Gasteiger partial charge in [-0.05, 0) is 48.3 Å². The normalized spacial score (nSPS) is 12.3. The number of nitro benzene ring substituents is 1. The molecule has 27 heavy (non-hydrogen) atoms. The van der Waals surface area contributed by atoms with Gasteiger partial charge in [-0.3, -0.25) is 10.1 Å². The zero-order valence-corrected chi connectivity index (χ0v) is 15.4. The molecule has 0 aliphatic rings. The fourth-order valence-electron chi connectivity index (χ4n) is 2.40. The molecule has 0 saturated carbocycles. The van der Waals surface area contributed by atoms with Crippen LogP contribution in [0.3, 0.4) is 0 Å². The molecule has 0 aromatic heterocycles. The van der Waals surface area contributed by atoms with E-state index in [1.807, 2.05) is 12.1 Å². The lowest BCUT2D eigenvalue weighted by Gasteiger charge is -2.16. The first-order valence-corrected chi connectivity index (χ1v) is 8.56. The van der Waals surface area contributed by atoms with Gasteiger partial charge in [0.15, 0.2) is 5.11 Å². The summed E-state index contributed by atoms with van der Waals surface area (Å²) >= 11 is 5.07. The first kappa shape index (κ1) is 20.6. The summed E-state index contributed by atoms with van der Waals surface area (Å²) in [5.74, 6) is 0.401. The third-order valence-electron chi connectivity index (χ3n) is 4.12. The van der Waals surface area contributed by atoms with E-state index in [1.54, 1.807) is 12.1 Å². The van der Waals surface area contributed by atoms with Gasteiger partial charge in [-0.2, -0.15) is 13.2 Å². The summed E-state index contributed by atoms with van der Waals surface area (Å²) in [6, 6.07) is 9.87. The number of hydrogen-bond donors (Lipinski definition) is 2. The number of halogens is 3. The van der Waals surface area contributed by atoms with Gasteiger partial charge in [-0.25, -0.2) is 0 Å². The van der Waals surface area contributed by atoms with Crippen molar-refractivity contribution in [3.8, 4) is 0 Å². The molecule has 9 heteroatoms. The molecular weight excluding hydrogens is 379 g/mol. The van der Waals surface area contributed by atoms with Crippen molar-refractivity contribution in [3.63, 3.8) is 0 Å². The van der Waals surface area contributed by atoms with Crippen molar-refractivity contribution in [2.24, 2.45) is 0 Å². The van der Waals surface area contributed by atoms with Gasteiger partial charge in [-0.1, -0.05) is 26.0 Å². The van der Waals surface area contributed by atoms with E-state index in [1.165, 1.54) is 0 Å². The Hall–Kier alpha value is -2.68. The second kappa shape index (κ2) is 8.34. The Morgan fingerprint density at radius 1 is 1.19 bits per heavy atom. The summed E-state index contributed by atoms with van der Waals surface area (Å²) in [6.07, 6.45) is -3.77. The largest absolute Gasteiger partial charge is 0.418 e. The van der Waals surface area contributed by atoms with Gasteiger partial charge in [0.25, 0.3) is 5.69 Å². The average molecular weight is 397 g/mol. The minimum Gasteiger partial charge on any atom is -0.332 e. The van der Waals surface area contributed by atoms with Gasteiger partial charge >= 0.3 is 6.18 Å². The SMILES string of the molecule is CCC(C)c1ccc(NC(=S)Nc2ccc([N+](=O)[O-])cc2C(F)(F)F)cc1. The highest BCUT2D eigenvalue weighted by Gasteiger charge is 2.35. The summed E-state index contributed by atoms with van der Waals surface area (Å²) < 4.78 is 39.6. The fraction of sp³-hybridized carbons (Fsp3) is 0.278. The minimum atomic E-state index is -4.76. The molecule has 0 heterocycles. The zero-order chi connectivity index (χ0) is 20.2. The maximum absolute atomic E-state index is 13.2. The summed E-state index contributed by atoms with van der Waals surface area (Å²) in [5, 5.41) is 15.9. The molecule has 5 nitrogen and oxygen atoms in total. The van der Waals surface area contributed by atoms with Gasteiger partial charge < -0.3 is 10.6 Å². The van der Waals surface area contributed by atoms with Crippen LogP contribution < -0.4 is 10.6 Å². The van der Waals surface area contributed by atoms with Crippen LogP contribution in [-0.4, -0.2) is 10.0 Å². The van der Waals surface area contributed by atoms with E-state index >= 15 is 0 Å². The van der Waals surface area contributed by atoms with Crippen molar-refractivity contribution in [1.29, 1.82) is 0 Å². The maximum atomic E-state index is 13.2. The molecule has 2 N–H and O–H groups in total. The van der Waals surface area contributed by atoms with Crippen molar-refractivity contribution in [3.05, 3.63) is 63.7 Å². The van der Waals surface area contributed by atoms with Crippen LogP contribution in [0.5, 0.6) is 0 Å². The Morgan fingerprint density at radius 2 is 1.81 bits per heavy atom. The number of alkyl halides is 3. The Balaban J connectivity index is 2.16. The number of thiocarbonyl (C=S) groups is 1. The van der Waals surface area contributed by atoms with E-state index in [0.29, 0.717) is 17.7 Å². The van der Waals surface area contributed by atoms with Crippen LogP contribution in [0, 0.1) is 10.1 Å². The van der Waals surface area contributed by atoms with Crippen molar-refractivity contribution >= 4 is 34.4 Å². The molecule has 0 fully saturated rings. The quantitative estimate of drug-likeness (QED) is 0.371. The number of nitrogens with one attached hydrogen (secondary N) is 2. The Kier molecular flexibility index (Phi) is 6.37. The molecule has 0 amide bonds. The second-order valence-corrected chi connectivity index (χ2v) is 6.40. The molecule has 0 aliphatic carbocycles. The van der Waals surface area contributed by atoms with Crippen LogP contribution in [0.25, 0.3) is 0 Å². The van der Waals surface area contributed by atoms with Crippen molar-refractivity contribution in [1.82, 2.24) is 0 Å². The topological polar surface area (TPSA) is 67.2 Å². The van der Waals surface area contributed by atoms with Crippen LogP contribution in [-0.2, 0) is 6.18 Å². The third kappa shape index (κ3) is 5.40. The molecule has 0 radical (unpaired) electrons. The van der Waals surface area contributed by atoms with Crippen molar-refractivity contribution < 1.29 is 18.1 Å². The predicted octanol–water partition coefficient (Wildman–Crippen LogP) is 5.94. The Bertz CT molecular complexity index is 839. The van der Waals surface area contributed by atoms with Gasteiger partial charge in [-0.15, -0.1) is 0 Å². The molecule has 0 saturated heterocycles. The van der Waals surface area contributed by atoms with E-state index in [4.69, 9.17) is 12.2 Å². The monoisotopic (exact) mass is 397 g/mol. The first-order valence-electron chi connectivity index (χ1n) is 8.15. The smallest absolute Gasteiger partial charge is 0.332 e. The zero-order valence-electron chi connectivity index (χ0n) is 14.6. The molecule has 0 aliphatic heterocycles. The summed E-state index contributed by atoms with van der Waals surface area (Å²) in [7, 11) is 0. The van der Waals surface area contributed by atoms with E-state index in [0.717, 1.165) is 24.1 Å². The van der Waals surface area contributed by atoms with E-state index in [9.17, 15) is 23.3 Å². The molecule has 2 aromatic carbocycles. The molecule has 1 atom stereocenters. The maximum Gasteiger partial charge on any atom is 0.418 e. The standard InChI is InChI=1S/C18H18F3N3O2S/c1-3-11(2)12-4-6-13(7-5-12)22-17(27)23-16-9-8-14(24(25)26)10-15(16)18(19,20)21/h4-11H,3H2,1-2H3,(H2,22,23,27). The van der Waals surface area contributed by atoms with Crippen LogP contribution in [0.4, 0.5) is 30.2 Å². The van der Waals surface area contributed by atoms with Gasteiger partial charge in [0.05, 0.1) is 16.2 Å². The Morgan fingerprint density at radius 3 is 2.33 bits per heavy atom. The first-order chi connectivity index (χ1) is 12.6. The average Bonchev–Trinajstić information content (AvgIpc) is 2.60. The summed E-state index contributed by atoms with van der Waals surface area (Å²) in [5.41, 5.74) is -0.395. The Labute approximate surface area is 159 Å². The van der Waals surface area contributed by atoms with Gasteiger partial charge in [0, 0.05) is 17.8 Å². The number of non-ortho nitro benzene ring substituents is 1. The van der Waals surface area contributed by atoms with Crippen LogP contribution in [0.2, 0.25) is 0 Å². The van der Waals surface area contributed by atoms with Crippen LogP contribution >= 0.6 is 12.2 Å². The van der Waals surface area contributed by atoms with Crippen molar-refractivity contribution in [2.45, 2.75) is 32.4 Å². The molecule has 2 rings (SSSR count). The number of hydrogen-bond acceptors (Lipinski definition) is 3. The lowest BCUT2D eigenvalue weighted by Crippen LogP contribution is -2.21. The second-order valence-electron chi connectivity index (χ2n) is 6.00. The lowest BCUT2D eigenvalue weighted by atomic mass is 9.99. The van der Waals surface area contributed by atoms with Crippen LogP contribution in [0.15, 0.2) is 42.5 Å². The van der Waals surface area contributed by atoms with Gasteiger partial charge in [0.2, 0.25) is 0 Å². The molecule has 2 aromatic rings. The number of anilines is 2. The highest BCUT2D eigenvalue weighted by molar-refractivity contribution is 7.80. The highest BCUT2D eigenvalue weighted by Crippen LogP contribution is 2.37. The van der Waals surface area contributed by atoms with Crippen LogP contribution in [0.1, 0.15) is 37.3 Å². The summed E-state index contributed by atoms with van der Waals surface area (Å²) in [6.45, 7) is 4.18. The third-order valence-corrected chi connectivity index (χ3v) is 4.32. The van der Waals surface area contributed by atoms with Gasteiger partial charge in [0.1, 0.15) is 0 Å². The number of rotatable bonds is 5. The number of nitro groups is 1. The minimum absolute atomic E-state index is 0.0503. The molecule has 144 valence electrons. The molecule has 0 spiro atoms. The lowest BCUT2D eigenvalue weighted by molar-refractivity contribution is -0.385. The highest BCUT2D eigenvalue weighted by atomic mass is 32.1. The van der Waals surface area contributed by atoms with E-state index in [-0.39, 0.29) is 10.8 Å².